The molecule has 2 unspecified atom stereocenters. The molecule has 4 rings (SSSR count). The molecule has 7 nitrogen and oxygen atoms in total. The van der Waals surface area contributed by atoms with Crippen LogP contribution in [0.2, 0.25) is 5.02 Å². The minimum atomic E-state index is -3.63. The fourth-order valence-electron chi connectivity index (χ4n) is 4.94. The molecule has 0 N–H and O–H groups in total. The lowest BCUT2D eigenvalue weighted by Gasteiger charge is -2.43. The van der Waals surface area contributed by atoms with Crippen LogP contribution in [0.25, 0.3) is 0 Å². The van der Waals surface area contributed by atoms with Gasteiger partial charge in [-0.2, -0.15) is 0 Å². The van der Waals surface area contributed by atoms with Gasteiger partial charge in [-0.25, -0.2) is 17.1 Å². The predicted octanol–water partition coefficient (Wildman–Crippen LogP) is 4.01. The van der Waals surface area contributed by atoms with Gasteiger partial charge in [0.1, 0.15) is 11.6 Å². The average Bonchev–Trinajstić information content (AvgIpc) is 3.06. The van der Waals surface area contributed by atoms with Crippen LogP contribution in [0.5, 0.6) is 5.75 Å². The largest absolute Gasteiger partial charge is 0.495 e. The lowest BCUT2D eigenvalue weighted by Crippen LogP contribution is -2.55. The van der Waals surface area contributed by atoms with Crippen molar-refractivity contribution in [1.82, 2.24) is 9.21 Å². The first-order valence-corrected chi connectivity index (χ1v) is 13.2. The van der Waals surface area contributed by atoms with Crippen LogP contribution in [0.3, 0.4) is 0 Å². The molecule has 0 aliphatic carbocycles. The number of carbonyl (C=O) groups excluding carboxylic acids is 1. The van der Waals surface area contributed by atoms with Crippen LogP contribution in [-0.2, 0) is 10.0 Å². The molecule has 2 aromatic carbocycles. The minimum absolute atomic E-state index is 0.00199. The van der Waals surface area contributed by atoms with Crippen LogP contribution in [0.4, 0.5) is 10.1 Å². The molecular weight excluding hydrogens is 481 g/mol. The zero-order chi connectivity index (χ0) is 24.6. The van der Waals surface area contributed by atoms with Crippen LogP contribution in [-0.4, -0.2) is 69.4 Å². The van der Waals surface area contributed by atoms with Gasteiger partial charge in [-0.3, -0.25) is 4.79 Å². The first-order chi connectivity index (χ1) is 16.2. The topological polar surface area (TPSA) is 70.2 Å². The number of sulfonamides is 1. The third-order valence-corrected chi connectivity index (χ3v) is 8.77. The van der Waals surface area contributed by atoms with Crippen LogP contribution >= 0.6 is 11.6 Å². The van der Waals surface area contributed by atoms with Crippen LogP contribution in [0, 0.1) is 5.82 Å². The summed E-state index contributed by atoms with van der Waals surface area (Å²) in [5, 5.41) is 0.0931. The van der Waals surface area contributed by atoms with E-state index < -0.39 is 15.8 Å². The summed E-state index contributed by atoms with van der Waals surface area (Å²) in [5.41, 5.74) is 0.994. The van der Waals surface area contributed by atoms with Gasteiger partial charge in [0.05, 0.1) is 28.3 Å². The predicted molar refractivity (Wildman–Crippen MR) is 130 cm³/mol. The molecule has 0 radical (unpaired) electrons. The SMILES string of the molecule is CCCN(C)S(=O)(=O)c1ccc(OC)c(N2C3CCC2CN(C(=O)c2ccc(F)cc2Cl)C3)c1. The number of hydrogen-bond acceptors (Lipinski definition) is 5. The second-order valence-electron chi connectivity index (χ2n) is 8.79. The Morgan fingerprint density at radius 2 is 1.85 bits per heavy atom. The number of halogens is 2. The Balaban J connectivity index is 1.62. The molecule has 0 saturated carbocycles. The van der Waals surface area contributed by atoms with Gasteiger partial charge in [0.25, 0.3) is 5.91 Å². The number of amides is 1. The van der Waals surface area contributed by atoms with Gasteiger partial charge in [-0.05, 0) is 55.7 Å². The van der Waals surface area contributed by atoms with Gasteiger partial charge in [-0.1, -0.05) is 18.5 Å². The standard InChI is InChI=1S/C24H29ClFN3O4S/c1-4-11-27(2)34(31,32)19-8-10-23(33-3)22(13-19)29-17-6-7-18(29)15-28(14-17)24(30)20-9-5-16(26)12-21(20)25/h5,8-10,12-13,17-18H,4,6-7,11,14-15H2,1-3H3. The molecule has 2 aromatic rings. The summed E-state index contributed by atoms with van der Waals surface area (Å²) in [6, 6.07) is 8.74. The summed E-state index contributed by atoms with van der Waals surface area (Å²) in [7, 11) is -0.484. The number of fused-ring (bicyclic) bond motifs is 2. The Hall–Kier alpha value is -2.36. The van der Waals surface area contributed by atoms with E-state index in [2.05, 4.69) is 4.90 Å². The first kappa shape index (κ1) is 24.8. The van der Waals surface area contributed by atoms with E-state index in [1.54, 1.807) is 37.3 Å². The van der Waals surface area contributed by atoms with E-state index in [0.29, 0.717) is 31.1 Å². The molecule has 10 heteroatoms. The van der Waals surface area contributed by atoms with Crippen LogP contribution in [0.1, 0.15) is 36.5 Å². The van der Waals surface area contributed by atoms with Crippen molar-refractivity contribution < 1.29 is 22.3 Å². The second kappa shape index (κ2) is 9.71. The zero-order valence-corrected chi connectivity index (χ0v) is 21.1. The van der Waals surface area contributed by atoms with Crippen molar-refractivity contribution >= 4 is 33.2 Å². The summed E-state index contributed by atoms with van der Waals surface area (Å²) >= 11 is 6.13. The van der Waals surface area contributed by atoms with Crippen LogP contribution in [0.15, 0.2) is 41.3 Å². The number of benzene rings is 2. The van der Waals surface area contributed by atoms with E-state index >= 15 is 0 Å². The smallest absolute Gasteiger partial charge is 0.255 e. The Morgan fingerprint density at radius 3 is 2.44 bits per heavy atom. The molecule has 0 aromatic heterocycles. The average molecular weight is 510 g/mol. The molecule has 0 spiro atoms. The van der Waals surface area contributed by atoms with Gasteiger partial charge in [0.15, 0.2) is 0 Å². The summed E-state index contributed by atoms with van der Waals surface area (Å²) in [5.74, 6) is -0.126. The van der Waals surface area contributed by atoms with Gasteiger partial charge < -0.3 is 14.5 Å². The molecule has 2 atom stereocenters. The van der Waals surface area contributed by atoms with Crippen LogP contribution < -0.4 is 9.64 Å². The maximum Gasteiger partial charge on any atom is 0.255 e. The van der Waals surface area contributed by atoms with Crippen molar-refractivity contribution in [3.63, 3.8) is 0 Å². The highest BCUT2D eigenvalue weighted by atomic mass is 35.5. The number of ether oxygens (including phenoxy) is 1. The van der Waals surface area contributed by atoms with Crippen molar-refractivity contribution in [1.29, 1.82) is 0 Å². The molecule has 184 valence electrons. The van der Waals surface area contributed by atoms with Gasteiger partial charge in [0, 0.05) is 38.8 Å². The van der Waals surface area contributed by atoms with Gasteiger partial charge in [0.2, 0.25) is 10.0 Å². The van der Waals surface area contributed by atoms with E-state index in [4.69, 9.17) is 16.3 Å². The molecule has 2 fully saturated rings. The summed E-state index contributed by atoms with van der Waals surface area (Å²) in [6.07, 6.45) is 2.44. The number of carbonyl (C=O) groups is 1. The minimum Gasteiger partial charge on any atom is -0.495 e. The lowest BCUT2D eigenvalue weighted by molar-refractivity contribution is 0.0718. The second-order valence-corrected chi connectivity index (χ2v) is 11.2. The number of anilines is 1. The number of hydrogen-bond donors (Lipinski definition) is 0. The molecule has 2 bridgehead atoms. The molecular formula is C24H29ClFN3O4S. The summed E-state index contributed by atoms with van der Waals surface area (Å²) in [6.45, 7) is 3.28. The Bertz CT molecular complexity index is 1180. The Morgan fingerprint density at radius 1 is 1.18 bits per heavy atom. The monoisotopic (exact) mass is 509 g/mol. The van der Waals surface area contributed by atoms with E-state index in [-0.39, 0.29) is 33.5 Å². The molecule has 2 saturated heterocycles. The van der Waals surface area contributed by atoms with Crippen molar-refractivity contribution in [3.8, 4) is 5.75 Å². The first-order valence-electron chi connectivity index (χ1n) is 11.3. The van der Waals surface area contributed by atoms with E-state index in [1.807, 2.05) is 6.92 Å². The van der Waals surface area contributed by atoms with Crippen molar-refractivity contribution in [2.24, 2.45) is 0 Å². The number of likely N-dealkylation sites (tertiary alicyclic amines) is 1. The maximum atomic E-state index is 13.4. The van der Waals surface area contributed by atoms with E-state index in [0.717, 1.165) is 25.3 Å². The third-order valence-electron chi connectivity index (χ3n) is 6.61. The van der Waals surface area contributed by atoms with Gasteiger partial charge >= 0.3 is 0 Å². The molecule has 2 aliphatic rings. The van der Waals surface area contributed by atoms with Gasteiger partial charge in [-0.15, -0.1) is 0 Å². The highest BCUT2D eigenvalue weighted by Gasteiger charge is 2.43. The fourth-order valence-corrected chi connectivity index (χ4v) is 6.47. The Kier molecular flexibility index (Phi) is 7.07. The number of piperazine rings is 1. The van der Waals surface area contributed by atoms with Crippen molar-refractivity contribution in [2.45, 2.75) is 43.2 Å². The normalized spacial score (nSPS) is 20.2. The highest BCUT2D eigenvalue weighted by molar-refractivity contribution is 7.89. The summed E-state index contributed by atoms with van der Waals surface area (Å²) in [4.78, 5) is 17.3. The lowest BCUT2D eigenvalue weighted by atomic mass is 10.1. The number of methoxy groups -OCH3 is 1. The number of rotatable bonds is 7. The molecule has 1 amide bonds. The van der Waals surface area contributed by atoms with Crippen molar-refractivity contribution in [2.75, 3.05) is 38.7 Å². The number of nitrogens with zero attached hydrogens (tertiary/aromatic N) is 3. The fraction of sp³-hybridized carbons (Fsp3) is 0.458. The summed E-state index contributed by atoms with van der Waals surface area (Å²) < 4.78 is 46.5. The quantitative estimate of drug-likeness (QED) is 0.564. The third kappa shape index (κ3) is 4.48. The molecule has 2 aliphatic heterocycles. The highest BCUT2D eigenvalue weighted by Crippen LogP contribution is 2.41. The molecule has 2 heterocycles. The van der Waals surface area contributed by atoms with E-state index in [9.17, 15) is 17.6 Å². The van der Waals surface area contributed by atoms with E-state index in [1.165, 1.54) is 16.4 Å². The van der Waals surface area contributed by atoms with Crippen molar-refractivity contribution in [3.05, 3.63) is 52.8 Å². The Labute approximate surface area is 205 Å². The maximum absolute atomic E-state index is 13.4. The molecule has 34 heavy (non-hydrogen) atoms. The zero-order valence-electron chi connectivity index (χ0n) is 19.5.